The van der Waals surface area contributed by atoms with Gasteiger partial charge in [0.25, 0.3) is 0 Å². The third-order valence-corrected chi connectivity index (χ3v) is 9.73. The predicted molar refractivity (Wildman–Crippen MR) is 198 cm³/mol. The van der Waals surface area contributed by atoms with Crippen molar-refractivity contribution in [3.63, 3.8) is 0 Å². The maximum Gasteiger partial charge on any atom is 0.408 e. The smallest absolute Gasteiger partial charge is 0.408 e. The summed E-state index contributed by atoms with van der Waals surface area (Å²) in [6, 6.07) is 4.70. The van der Waals surface area contributed by atoms with Crippen molar-refractivity contribution in [2.45, 2.75) is 90.6 Å². The molecule has 0 unspecified atom stereocenters. The van der Waals surface area contributed by atoms with E-state index in [-0.39, 0.29) is 25.3 Å². The average molecular weight is 751 g/mol. The Labute approximate surface area is 311 Å². The number of carbonyl (C=O) groups excluding carboxylic acids is 4. The summed E-state index contributed by atoms with van der Waals surface area (Å²) < 4.78 is 17.5. The van der Waals surface area contributed by atoms with E-state index in [4.69, 9.17) is 19.2 Å². The van der Waals surface area contributed by atoms with Crippen LogP contribution in [-0.2, 0) is 23.9 Å². The maximum absolute atomic E-state index is 14.5. The molecule has 1 aromatic carbocycles. The van der Waals surface area contributed by atoms with Crippen molar-refractivity contribution in [2.24, 2.45) is 11.3 Å². The summed E-state index contributed by atoms with van der Waals surface area (Å²) in [5.41, 5.74) is -1.75. The number of benzene rings is 1. The number of aromatic nitrogens is 2. The predicted octanol–water partition coefficient (Wildman–Crippen LogP) is 4.76. The number of alkyl carbamates (subject to hydrolysis) is 1. The number of carboxylic acid groups (broad SMARTS) is 1. The quantitative estimate of drug-likeness (QED) is 0.197. The van der Waals surface area contributed by atoms with Crippen LogP contribution in [0.15, 0.2) is 42.3 Å². The van der Waals surface area contributed by atoms with Gasteiger partial charge in [0, 0.05) is 42.2 Å². The van der Waals surface area contributed by atoms with Gasteiger partial charge in [0.1, 0.15) is 46.5 Å². The first-order valence-corrected chi connectivity index (χ1v) is 18.0. The molecule has 2 fully saturated rings. The molecule has 1 saturated carbocycles. The molecule has 2 aromatic heterocycles. The number of hydrogen-bond acceptors (Lipinski definition) is 11. The molecule has 284 valence electrons. The average Bonchev–Trinajstić information content (AvgIpc) is 3.34. The molecule has 1 saturated heterocycles. The molecule has 53 heavy (non-hydrogen) atoms. The first kappa shape index (κ1) is 39.0. The molecule has 15 nitrogen and oxygen atoms in total. The Balaban J connectivity index is 1.51. The minimum atomic E-state index is -1.54. The molecule has 16 heteroatoms. The Morgan fingerprint density at radius 2 is 1.81 bits per heavy atom. The van der Waals surface area contributed by atoms with Gasteiger partial charge in [-0.05, 0) is 44.7 Å². The van der Waals surface area contributed by atoms with E-state index in [1.807, 2.05) is 0 Å². The summed E-state index contributed by atoms with van der Waals surface area (Å²) in [6.45, 7) is 15.5. The number of likely N-dealkylation sites (tertiary alicyclic amines) is 1. The lowest BCUT2D eigenvalue weighted by molar-refractivity contribution is -0.146. The lowest BCUT2D eigenvalue weighted by Gasteiger charge is -2.35. The molecule has 0 spiro atoms. The third-order valence-electron chi connectivity index (χ3n) is 8.97. The van der Waals surface area contributed by atoms with Crippen molar-refractivity contribution in [3.05, 3.63) is 42.3 Å². The fourth-order valence-electron chi connectivity index (χ4n) is 6.24. The Morgan fingerprint density at radius 3 is 2.40 bits per heavy atom. The van der Waals surface area contributed by atoms with Crippen molar-refractivity contribution >= 4 is 57.2 Å². The molecule has 5 rings (SSSR count). The standard InChI is InChI=1S/C37H46N6O9S/c1-10-20-16-37(20,32(47)48)42-30(45)27-14-22(17-43(27)31(46)29(35(3,4)5)41-34(49)52-36(6,7)8)51-28-15-25(26-18-53-33(40-26)38-19(2)44)39-24-13-21(50-9)11-12-23(24)28/h10-13,15,18,20,22,27,29H,1,14,16-17H2,2-9H3,(H,41,49)(H,42,45)(H,47,48)(H,38,40,44)/t20-,22-,27+,29-,37-/m1/s1. The van der Waals surface area contributed by atoms with E-state index < -0.39 is 64.5 Å². The van der Waals surface area contributed by atoms with Gasteiger partial charge in [0.05, 0.1) is 24.9 Å². The van der Waals surface area contributed by atoms with Gasteiger partial charge in [-0.3, -0.25) is 14.4 Å². The maximum atomic E-state index is 14.5. The van der Waals surface area contributed by atoms with Gasteiger partial charge < -0.3 is 40.2 Å². The zero-order chi connectivity index (χ0) is 39.0. The zero-order valence-corrected chi connectivity index (χ0v) is 31.9. The van der Waals surface area contributed by atoms with Gasteiger partial charge in [-0.15, -0.1) is 17.9 Å². The molecule has 5 atom stereocenters. The van der Waals surface area contributed by atoms with Crippen LogP contribution in [0.3, 0.4) is 0 Å². The van der Waals surface area contributed by atoms with Crippen LogP contribution in [0.2, 0.25) is 0 Å². The lowest BCUT2D eigenvalue weighted by Crippen LogP contribution is -2.59. The molecule has 1 aliphatic heterocycles. The van der Waals surface area contributed by atoms with E-state index >= 15 is 0 Å². The summed E-state index contributed by atoms with van der Waals surface area (Å²) in [5.74, 6) is -2.24. The summed E-state index contributed by atoms with van der Waals surface area (Å²) in [7, 11) is 1.54. The summed E-state index contributed by atoms with van der Waals surface area (Å²) in [5, 5.41) is 20.8. The highest BCUT2D eigenvalue weighted by molar-refractivity contribution is 7.14. The number of rotatable bonds is 11. The highest BCUT2D eigenvalue weighted by atomic mass is 32.1. The fourth-order valence-corrected chi connectivity index (χ4v) is 6.99. The molecule has 4 amide bonds. The normalized spacial score (nSPS) is 21.7. The first-order chi connectivity index (χ1) is 24.7. The van der Waals surface area contributed by atoms with Gasteiger partial charge in [0.2, 0.25) is 17.7 Å². The highest BCUT2D eigenvalue weighted by Crippen LogP contribution is 2.45. The number of carboxylic acids is 1. The third kappa shape index (κ3) is 8.70. The summed E-state index contributed by atoms with van der Waals surface area (Å²) in [4.78, 5) is 76.0. The Kier molecular flexibility index (Phi) is 10.8. The highest BCUT2D eigenvalue weighted by Gasteiger charge is 2.61. The monoisotopic (exact) mass is 750 g/mol. The number of anilines is 1. The molecule has 2 aliphatic rings. The number of aliphatic carboxylic acids is 1. The molecular weight excluding hydrogens is 705 g/mol. The first-order valence-electron chi connectivity index (χ1n) is 17.1. The van der Waals surface area contributed by atoms with Crippen LogP contribution in [0.4, 0.5) is 9.93 Å². The molecule has 3 heterocycles. The van der Waals surface area contributed by atoms with Crippen LogP contribution in [0, 0.1) is 11.3 Å². The number of ether oxygens (including phenoxy) is 3. The number of thiazole rings is 1. The number of fused-ring (bicyclic) bond motifs is 1. The van der Waals surface area contributed by atoms with Crippen LogP contribution in [0.1, 0.15) is 61.3 Å². The second kappa shape index (κ2) is 14.6. The van der Waals surface area contributed by atoms with Crippen molar-refractivity contribution < 1.29 is 43.3 Å². The number of hydrogen-bond donors (Lipinski definition) is 4. The number of carbonyl (C=O) groups is 5. The Bertz CT molecular complexity index is 1950. The van der Waals surface area contributed by atoms with Crippen LogP contribution in [0.5, 0.6) is 11.5 Å². The van der Waals surface area contributed by atoms with Gasteiger partial charge in [-0.2, -0.15) is 0 Å². The van der Waals surface area contributed by atoms with Crippen LogP contribution in [0.25, 0.3) is 22.3 Å². The zero-order valence-electron chi connectivity index (χ0n) is 31.1. The van der Waals surface area contributed by atoms with E-state index in [0.717, 1.165) is 0 Å². The number of nitrogens with zero attached hydrogens (tertiary/aromatic N) is 3. The lowest BCUT2D eigenvalue weighted by atomic mass is 9.85. The van der Waals surface area contributed by atoms with Gasteiger partial charge >= 0.3 is 12.1 Å². The van der Waals surface area contributed by atoms with E-state index in [1.165, 1.54) is 36.3 Å². The van der Waals surface area contributed by atoms with E-state index in [9.17, 15) is 29.1 Å². The second-order valence-electron chi connectivity index (χ2n) is 15.3. The largest absolute Gasteiger partial charge is 0.497 e. The number of nitrogens with one attached hydrogen (secondary N) is 3. The molecule has 0 bridgehead atoms. The molecular formula is C37H46N6O9S. The van der Waals surface area contributed by atoms with E-state index in [1.54, 1.807) is 71.2 Å². The van der Waals surface area contributed by atoms with Crippen molar-refractivity contribution in [1.82, 2.24) is 25.5 Å². The number of methoxy groups -OCH3 is 1. The molecule has 3 aromatic rings. The van der Waals surface area contributed by atoms with E-state index in [0.29, 0.717) is 38.9 Å². The van der Waals surface area contributed by atoms with Gasteiger partial charge in [-0.1, -0.05) is 26.8 Å². The fraction of sp³-hybridized carbons (Fsp3) is 0.486. The Morgan fingerprint density at radius 1 is 1.09 bits per heavy atom. The van der Waals surface area contributed by atoms with Gasteiger partial charge in [-0.25, -0.2) is 19.6 Å². The van der Waals surface area contributed by atoms with Crippen molar-refractivity contribution in [2.75, 3.05) is 19.0 Å². The topological polar surface area (TPSA) is 198 Å². The van der Waals surface area contributed by atoms with E-state index in [2.05, 4.69) is 27.5 Å². The molecule has 0 radical (unpaired) electrons. The van der Waals surface area contributed by atoms with Crippen molar-refractivity contribution in [3.8, 4) is 22.9 Å². The molecule has 4 N–H and O–H groups in total. The number of amides is 4. The SMILES string of the molecule is C=C[C@@H]1C[C@]1(NC(=O)[C@@H]1C[C@@H](Oc2cc(-c3csc(NC(C)=O)n3)nc3cc(OC)ccc23)CN1C(=O)[C@@H](NC(=O)OC(C)(C)C)C(C)(C)C)C(=O)O. The summed E-state index contributed by atoms with van der Waals surface area (Å²) >= 11 is 1.23. The van der Waals surface area contributed by atoms with Crippen LogP contribution < -0.4 is 25.4 Å². The molecule has 1 aliphatic carbocycles. The second-order valence-corrected chi connectivity index (χ2v) is 16.2. The Hall–Kier alpha value is -5.25. The number of pyridine rings is 1. The van der Waals surface area contributed by atoms with Gasteiger partial charge in [0.15, 0.2) is 5.13 Å². The van der Waals surface area contributed by atoms with Crippen molar-refractivity contribution in [1.29, 1.82) is 0 Å². The summed E-state index contributed by atoms with van der Waals surface area (Å²) in [6.07, 6.45) is 0.108. The van der Waals surface area contributed by atoms with Crippen LogP contribution >= 0.6 is 11.3 Å². The van der Waals surface area contributed by atoms with Crippen LogP contribution in [-0.4, -0.2) is 92.7 Å². The minimum absolute atomic E-state index is 0.00795. The minimum Gasteiger partial charge on any atom is -0.497 e.